The molecule has 1 rings (SSSR count). The van der Waals surface area contributed by atoms with E-state index in [4.69, 9.17) is 0 Å². The molecule has 0 aliphatic heterocycles. The van der Waals surface area contributed by atoms with Crippen LogP contribution in [0.15, 0.2) is 0 Å². The van der Waals surface area contributed by atoms with Gasteiger partial charge in [-0.1, -0.05) is 13.8 Å². The number of hydrogen-bond acceptors (Lipinski definition) is 1. The van der Waals surface area contributed by atoms with Crippen molar-refractivity contribution in [3.05, 3.63) is 0 Å². The largest absolute Gasteiger partial charge is 0.309 e. The van der Waals surface area contributed by atoms with Gasteiger partial charge in [0.2, 0.25) is 0 Å². The number of hydrogen-bond donors (Lipinski definition) is 1. The summed E-state index contributed by atoms with van der Waals surface area (Å²) in [6, 6.07) is 0.353. The minimum Gasteiger partial charge on any atom is -0.309 e. The van der Waals surface area contributed by atoms with Crippen molar-refractivity contribution in [3.63, 3.8) is 0 Å². The third-order valence-electron chi connectivity index (χ3n) is 2.68. The minimum atomic E-state index is -2.21. The van der Waals surface area contributed by atoms with Gasteiger partial charge in [0.05, 0.1) is 6.54 Å². The predicted molar refractivity (Wildman–Crippen MR) is 47.5 cm³/mol. The Morgan fingerprint density at radius 1 is 1.42 bits per heavy atom. The van der Waals surface area contributed by atoms with Crippen LogP contribution in [-0.2, 0) is 0 Å². The molecule has 1 aliphatic carbocycles. The summed E-state index contributed by atoms with van der Waals surface area (Å²) in [5.74, 6) is 1.45. The topological polar surface area (TPSA) is 12.0 Å². The molecule has 12 heavy (non-hydrogen) atoms. The van der Waals surface area contributed by atoms with Gasteiger partial charge >= 0.3 is 0 Å². The third kappa shape index (κ3) is 2.70. The van der Waals surface area contributed by atoms with Crippen molar-refractivity contribution in [1.82, 2.24) is 5.32 Å². The molecule has 3 heteroatoms. The maximum Gasteiger partial charge on any atom is 0.250 e. The Kier molecular flexibility index (Phi) is 3.44. The van der Waals surface area contributed by atoms with Gasteiger partial charge in [0.15, 0.2) is 0 Å². The summed E-state index contributed by atoms with van der Waals surface area (Å²) in [5, 5.41) is 2.85. The first-order valence-corrected chi connectivity index (χ1v) is 4.61. The first-order chi connectivity index (χ1) is 5.59. The molecule has 1 aliphatic rings. The molecule has 1 N–H and O–H groups in total. The maximum atomic E-state index is 11.7. The average Bonchev–Trinajstić information content (AvgIpc) is 1.82. The first-order valence-electron chi connectivity index (χ1n) is 4.61. The second-order valence-corrected chi connectivity index (χ2v) is 3.97. The molecule has 74 valence electrons. The summed E-state index contributed by atoms with van der Waals surface area (Å²) >= 11 is 0. The molecule has 0 radical (unpaired) electrons. The van der Waals surface area contributed by atoms with Gasteiger partial charge in [-0.05, 0) is 24.7 Å². The lowest BCUT2D eigenvalue weighted by molar-refractivity contribution is 0.112. The van der Waals surface area contributed by atoms with Crippen molar-refractivity contribution in [2.24, 2.45) is 11.8 Å². The van der Waals surface area contributed by atoms with Crippen LogP contribution < -0.4 is 5.32 Å². The summed E-state index contributed by atoms with van der Waals surface area (Å²) in [4.78, 5) is 0. The van der Waals surface area contributed by atoms with E-state index in [2.05, 4.69) is 19.2 Å². The molecule has 1 nitrogen and oxygen atoms in total. The molecule has 0 atom stereocenters. The van der Waals surface area contributed by atoms with Crippen LogP contribution in [0.3, 0.4) is 0 Å². The van der Waals surface area contributed by atoms with Crippen LogP contribution in [0.5, 0.6) is 0 Å². The summed E-state index contributed by atoms with van der Waals surface area (Å²) in [7, 11) is 0. The predicted octanol–water partition coefficient (Wildman–Crippen LogP) is 2.52. The van der Waals surface area contributed by atoms with Gasteiger partial charge in [0.1, 0.15) is 0 Å². The van der Waals surface area contributed by atoms with Crippen molar-refractivity contribution in [2.45, 2.75) is 39.2 Å². The van der Waals surface area contributed by atoms with Gasteiger partial charge in [-0.15, -0.1) is 0 Å². The van der Waals surface area contributed by atoms with E-state index in [1.165, 1.54) is 0 Å². The van der Waals surface area contributed by atoms with Gasteiger partial charge in [0.25, 0.3) is 6.43 Å². The van der Waals surface area contributed by atoms with E-state index in [-0.39, 0.29) is 7.97 Å². The lowest BCUT2D eigenvalue weighted by Crippen LogP contribution is -2.44. The number of nitrogens with one attached hydrogen (secondary N) is 1. The summed E-state index contributed by atoms with van der Waals surface area (Å²) < 4.78 is 23.5. The van der Waals surface area contributed by atoms with E-state index >= 15 is 0 Å². The molecular weight excluding hydrogens is 160 g/mol. The number of rotatable bonds is 4. The third-order valence-corrected chi connectivity index (χ3v) is 2.68. The minimum absolute atomic E-state index is 0. The van der Waals surface area contributed by atoms with E-state index in [9.17, 15) is 8.78 Å². The second-order valence-electron chi connectivity index (χ2n) is 3.97. The van der Waals surface area contributed by atoms with Gasteiger partial charge < -0.3 is 5.32 Å². The number of alkyl halides is 2. The SMILES string of the molecule is CC(C)C1CC(NCC(F)F)C1.[HH]. The molecule has 0 unspecified atom stereocenters. The molecule has 1 fully saturated rings. The molecule has 0 spiro atoms. The van der Waals surface area contributed by atoms with Crippen molar-refractivity contribution in [3.8, 4) is 0 Å². The Labute approximate surface area is 74.0 Å². The van der Waals surface area contributed by atoms with Crippen molar-refractivity contribution in [2.75, 3.05) is 6.54 Å². The van der Waals surface area contributed by atoms with Crippen molar-refractivity contribution in [1.29, 1.82) is 0 Å². The molecule has 0 heterocycles. The van der Waals surface area contributed by atoms with E-state index in [0.29, 0.717) is 12.0 Å². The van der Waals surface area contributed by atoms with E-state index in [1.54, 1.807) is 0 Å². The Morgan fingerprint density at radius 2 is 2.00 bits per heavy atom. The fraction of sp³-hybridized carbons (Fsp3) is 1.00. The van der Waals surface area contributed by atoms with Gasteiger partial charge in [-0.3, -0.25) is 0 Å². The quantitative estimate of drug-likeness (QED) is 0.699. The summed E-state index contributed by atoms with van der Waals surface area (Å²) in [6.45, 7) is 4.23. The summed E-state index contributed by atoms with van der Waals surface area (Å²) in [6.07, 6.45) is -0.0579. The van der Waals surface area contributed by atoms with Crippen LogP contribution in [0.1, 0.15) is 28.1 Å². The van der Waals surface area contributed by atoms with Gasteiger partial charge in [-0.25, -0.2) is 8.78 Å². The number of halogens is 2. The van der Waals surface area contributed by atoms with Crippen LogP contribution >= 0.6 is 0 Å². The smallest absolute Gasteiger partial charge is 0.250 e. The van der Waals surface area contributed by atoms with E-state index in [1.807, 2.05) is 0 Å². The van der Waals surface area contributed by atoms with Gasteiger partial charge in [-0.2, -0.15) is 0 Å². The fourth-order valence-corrected chi connectivity index (χ4v) is 1.63. The lowest BCUT2D eigenvalue weighted by Gasteiger charge is -2.38. The highest BCUT2D eigenvalue weighted by molar-refractivity contribution is 4.86. The Hall–Kier alpha value is -0.180. The highest BCUT2D eigenvalue weighted by atomic mass is 19.3. The molecule has 0 aromatic rings. The van der Waals surface area contributed by atoms with Gasteiger partial charge in [0, 0.05) is 7.47 Å². The zero-order valence-electron chi connectivity index (χ0n) is 7.69. The normalized spacial score (nSPS) is 29.5. The van der Waals surface area contributed by atoms with E-state index in [0.717, 1.165) is 18.8 Å². The molecule has 1 saturated carbocycles. The average molecular weight is 179 g/mol. The fourth-order valence-electron chi connectivity index (χ4n) is 1.63. The Bertz CT molecular complexity index is 133. The molecule has 0 bridgehead atoms. The molecule has 0 saturated heterocycles. The molecular formula is C9H19F2N. The maximum absolute atomic E-state index is 11.7. The first kappa shape index (κ1) is 9.90. The lowest BCUT2D eigenvalue weighted by atomic mass is 9.74. The van der Waals surface area contributed by atoms with Crippen LogP contribution in [0.2, 0.25) is 0 Å². The van der Waals surface area contributed by atoms with E-state index < -0.39 is 6.43 Å². The second kappa shape index (κ2) is 4.17. The molecule has 0 amide bonds. The zero-order valence-corrected chi connectivity index (χ0v) is 7.69. The summed E-state index contributed by atoms with van der Waals surface area (Å²) in [5.41, 5.74) is 0. The Morgan fingerprint density at radius 3 is 2.42 bits per heavy atom. The highest BCUT2D eigenvalue weighted by Gasteiger charge is 2.30. The van der Waals surface area contributed by atoms with Crippen LogP contribution in [0.4, 0.5) is 8.78 Å². The standard InChI is InChI=1S/C9H17F2N.H2/c1-6(2)7-3-8(4-7)12-5-9(10)11;/h6-9,12H,3-5H2,1-2H3;1H. The van der Waals surface area contributed by atoms with Crippen LogP contribution in [0.25, 0.3) is 0 Å². The Balaban J connectivity index is 0.00000144. The van der Waals surface area contributed by atoms with Crippen molar-refractivity contribution >= 4 is 0 Å². The van der Waals surface area contributed by atoms with Crippen LogP contribution in [0, 0.1) is 11.8 Å². The van der Waals surface area contributed by atoms with Crippen molar-refractivity contribution < 1.29 is 10.2 Å². The molecule has 0 aromatic carbocycles. The highest BCUT2D eigenvalue weighted by Crippen LogP contribution is 2.33. The van der Waals surface area contributed by atoms with Crippen LogP contribution in [-0.4, -0.2) is 19.0 Å². The zero-order chi connectivity index (χ0) is 9.14. The monoisotopic (exact) mass is 179 g/mol. The molecule has 0 aromatic heterocycles.